The van der Waals surface area contributed by atoms with E-state index in [1.165, 1.54) is 0 Å². The maximum absolute atomic E-state index is 5.73. The van der Waals surface area contributed by atoms with Crippen LogP contribution in [-0.2, 0) is 0 Å². The largest absolute Gasteiger partial charge is 0.397 e. The Kier molecular flexibility index (Phi) is 3.01. The van der Waals surface area contributed by atoms with E-state index in [4.69, 9.17) is 11.5 Å². The van der Waals surface area contributed by atoms with Gasteiger partial charge in [-0.2, -0.15) is 0 Å². The molecule has 0 spiro atoms. The van der Waals surface area contributed by atoms with Crippen molar-refractivity contribution in [2.75, 3.05) is 16.8 Å². The number of nitrogen functional groups attached to an aromatic ring is 2. The average molecular weight is 278 g/mol. The first kappa shape index (κ1) is 10.8. The van der Waals surface area contributed by atoms with Gasteiger partial charge < -0.3 is 16.8 Å². The summed E-state index contributed by atoms with van der Waals surface area (Å²) in [6.07, 6.45) is 0. The number of hydrogen-bond acceptors (Lipinski definition) is 3. The lowest BCUT2D eigenvalue weighted by molar-refractivity contribution is 1.53. The van der Waals surface area contributed by atoms with Crippen molar-refractivity contribution in [1.29, 1.82) is 0 Å². The predicted molar refractivity (Wildman–Crippen MR) is 72.7 cm³/mol. The zero-order chi connectivity index (χ0) is 11.5. The van der Waals surface area contributed by atoms with Gasteiger partial charge in [0.15, 0.2) is 0 Å². The molecule has 0 unspecified atom stereocenters. The van der Waals surface area contributed by atoms with Crippen molar-refractivity contribution < 1.29 is 0 Å². The third-order valence-corrected chi connectivity index (χ3v) is 2.69. The molecule has 0 aliphatic rings. The zero-order valence-corrected chi connectivity index (χ0v) is 10.2. The lowest BCUT2D eigenvalue weighted by atomic mass is 10.2. The van der Waals surface area contributed by atoms with Crippen LogP contribution in [0.25, 0.3) is 0 Å². The summed E-state index contributed by atoms with van der Waals surface area (Å²) in [6.45, 7) is 0. The summed E-state index contributed by atoms with van der Waals surface area (Å²) in [5.41, 5.74) is 14.5. The van der Waals surface area contributed by atoms with Crippen LogP contribution in [0.3, 0.4) is 0 Å². The van der Waals surface area contributed by atoms with Gasteiger partial charge in [-0.3, -0.25) is 0 Å². The monoisotopic (exact) mass is 277 g/mol. The Labute approximate surface area is 103 Å². The van der Waals surface area contributed by atoms with Gasteiger partial charge >= 0.3 is 0 Å². The Balaban J connectivity index is 2.24. The molecule has 16 heavy (non-hydrogen) atoms. The summed E-state index contributed by atoms with van der Waals surface area (Å²) in [6, 6.07) is 13.4. The van der Waals surface area contributed by atoms with Crippen molar-refractivity contribution in [1.82, 2.24) is 0 Å². The quantitative estimate of drug-likeness (QED) is 0.738. The highest BCUT2D eigenvalue weighted by Gasteiger charge is 1.98. The van der Waals surface area contributed by atoms with Gasteiger partial charge in [0.25, 0.3) is 0 Å². The van der Waals surface area contributed by atoms with Gasteiger partial charge in [-0.1, -0.05) is 22.0 Å². The minimum absolute atomic E-state index is 0.583. The van der Waals surface area contributed by atoms with Gasteiger partial charge in [-0.05, 0) is 36.4 Å². The van der Waals surface area contributed by atoms with E-state index in [0.717, 1.165) is 15.8 Å². The first-order chi connectivity index (χ1) is 7.65. The van der Waals surface area contributed by atoms with Crippen molar-refractivity contribution in [2.24, 2.45) is 0 Å². The molecule has 2 aromatic carbocycles. The minimum atomic E-state index is 0.583. The van der Waals surface area contributed by atoms with Crippen molar-refractivity contribution in [2.45, 2.75) is 0 Å². The molecule has 0 atom stereocenters. The first-order valence-electron chi connectivity index (χ1n) is 4.83. The Morgan fingerprint density at radius 2 is 1.62 bits per heavy atom. The van der Waals surface area contributed by atoms with Crippen molar-refractivity contribution >= 4 is 38.7 Å². The molecule has 0 amide bonds. The molecular weight excluding hydrogens is 266 g/mol. The Hall–Kier alpha value is -1.68. The van der Waals surface area contributed by atoms with Crippen LogP contribution < -0.4 is 16.8 Å². The maximum Gasteiger partial charge on any atom is 0.0568 e. The molecule has 2 aromatic rings. The summed E-state index contributed by atoms with van der Waals surface area (Å²) in [4.78, 5) is 0. The topological polar surface area (TPSA) is 64.1 Å². The Morgan fingerprint density at radius 3 is 2.31 bits per heavy atom. The van der Waals surface area contributed by atoms with E-state index in [1.807, 2.05) is 36.4 Å². The van der Waals surface area contributed by atoms with Gasteiger partial charge in [0.1, 0.15) is 0 Å². The molecular formula is C12H12BrN3. The molecule has 0 radical (unpaired) electrons. The molecule has 0 aliphatic heterocycles. The zero-order valence-electron chi connectivity index (χ0n) is 8.57. The molecule has 0 saturated heterocycles. The van der Waals surface area contributed by atoms with Crippen LogP contribution >= 0.6 is 15.9 Å². The molecule has 82 valence electrons. The third kappa shape index (κ3) is 2.46. The Bertz CT molecular complexity index is 511. The van der Waals surface area contributed by atoms with Gasteiger partial charge in [0.05, 0.1) is 11.4 Å². The molecule has 0 saturated carbocycles. The van der Waals surface area contributed by atoms with Crippen molar-refractivity contribution in [3.8, 4) is 0 Å². The van der Waals surface area contributed by atoms with E-state index in [2.05, 4.69) is 21.2 Å². The molecule has 3 nitrogen and oxygen atoms in total. The number of benzene rings is 2. The summed E-state index contributed by atoms with van der Waals surface area (Å²) in [5, 5.41) is 3.25. The maximum atomic E-state index is 5.73. The van der Waals surface area contributed by atoms with E-state index >= 15 is 0 Å². The van der Waals surface area contributed by atoms with Crippen LogP contribution in [0.4, 0.5) is 22.7 Å². The van der Waals surface area contributed by atoms with Crippen LogP contribution in [0.1, 0.15) is 0 Å². The number of rotatable bonds is 2. The number of hydrogen-bond donors (Lipinski definition) is 3. The highest BCUT2D eigenvalue weighted by Crippen LogP contribution is 2.24. The number of nitrogens with one attached hydrogen (secondary N) is 1. The number of anilines is 4. The first-order valence-corrected chi connectivity index (χ1v) is 5.62. The van der Waals surface area contributed by atoms with E-state index in [1.54, 1.807) is 6.07 Å². The van der Waals surface area contributed by atoms with E-state index in [9.17, 15) is 0 Å². The smallest absolute Gasteiger partial charge is 0.0568 e. The number of halogens is 1. The van der Waals surface area contributed by atoms with Crippen LogP contribution in [0, 0.1) is 0 Å². The van der Waals surface area contributed by atoms with Gasteiger partial charge in [-0.25, -0.2) is 0 Å². The van der Waals surface area contributed by atoms with Gasteiger partial charge in [0, 0.05) is 15.8 Å². The molecule has 5 N–H and O–H groups in total. The second-order valence-corrected chi connectivity index (χ2v) is 4.39. The number of nitrogens with two attached hydrogens (primary N) is 2. The van der Waals surface area contributed by atoms with Crippen LogP contribution in [0.15, 0.2) is 46.9 Å². The fourth-order valence-corrected chi connectivity index (χ4v) is 1.78. The van der Waals surface area contributed by atoms with Crippen LogP contribution in [0.2, 0.25) is 0 Å². The fraction of sp³-hybridized carbons (Fsp3) is 0. The van der Waals surface area contributed by atoms with Gasteiger partial charge in [0.2, 0.25) is 0 Å². The van der Waals surface area contributed by atoms with Crippen molar-refractivity contribution in [3.05, 3.63) is 46.9 Å². The van der Waals surface area contributed by atoms with Crippen LogP contribution in [-0.4, -0.2) is 0 Å². The van der Waals surface area contributed by atoms with E-state index in [-0.39, 0.29) is 0 Å². The molecule has 2 rings (SSSR count). The predicted octanol–water partition coefficient (Wildman–Crippen LogP) is 3.36. The lowest BCUT2D eigenvalue weighted by Crippen LogP contribution is -1.96. The summed E-state index contributed by atoms with van der Waals surface area (Å²) in [5.74, 6) is 0. The highest BCUT2D eigenvalue weighted by molar-refractivity contribution is 9.10. The molecule has 0 aliphatic carbocycles. The standard InChI is InChI=1S/C12H12BrN3/c13-8-2-1-3-9(6-8)16-10-4-5-11(14)12(15)7-10/h1-7,16H,14-15H2. The highest BCUT2D eigenvalue weighted by atomic mass is 79.9. The second-order valence-electron chi connectivity index (χ2n) is 3.48. The summed E-state index contributed by atoms with van der Waals surface area (Å²) in [7, 11) is 0. The molecule has 4 heteroatoms. The molecule has 0 fully saturated rings. The fourth-order valence-electron chi connectivity index (χ4n) is 1.39. The van der Waals surface area contributed by atoms with Gasteiger partial charge in [-0.15, -0.1) is 0 Å². The second kappa shape index (κ2) is 4.45. The summed E-state index contributed by atoms with van der Waals surface area (Å²) < 4.78 is 1.03. The molecule has 0 heterocycles. The SMILES string of the molecule is Nc1ccc(Nc2cccc(Br)c2)cc1N. The average Bonchev–Trinajstić information content (AvgIpc) is 2.24. The van der Waals surface area contributed by atoms with Crippen molar-refractivity contribution in [3.63, 3.8) is 0 Å². The Morgan fingerprint density at radius 1 is 0.875 bits per heavy atom. The van der Waals surface area contributed by atoms with Crippen LogP contribution in [0.5, 0.6) is 0 Å². The molecule has 0 bridgehead atoms. The lowest BCUT2D eigenvalue weighted by Gasteiger charge is -2.08. The van der Waals surface area contributed by atoms with E-state index in [0.29, 0.717) is 11.4 Å². The minimum Gasteiger partial charge on any atom is -0.397 e. The molecule has 0 aromatic heterocycles. The normalized spacial score (nSPS) is 10.1. The summed E-state index contributed by atoms with van der Waals surface area (Å²) >= 11 is 3.42. The van der Waals surface area contributed by atoms with E-state index < -0.39 is 0 Å². The third-order valence-electron chi connectivity index (χ3n) is 2.20.